The molecule has 0 radical (unpaired) electrons. The average molecular weight is 353 g/mol. The number of likely N-dealkylation sites (tertiary alicyclic amines) is 2. The monoisotopic (exact) mass is 353 g/mol. The Morgan fingerprint density at radius 1 is 0.846 bits per heavy atom. The Morgan fingerprint density at radius 3 is 2.15 bits per heavy atom. The lowest BCUT2D eigenvalue weighted by atomic mass is 9.71. The summed E-state index contributed by atoms with van der Waals surface area (Å²) in [6.45, 7) is 6.48. The Morgan fingerprint density at radius 2 is 1.54 bits per heavy atom. The fourth-order valence-corrected chi connectivity index (χ4v) is 4.49. The van der Waals surface area contributed by atoms with Crippen LogP contribution in [0, 0.1) is 11.2 Å². The molecular formula is C22H28FN3. The maximum Gasteiger partial charge on any atom is 0.123 e. The Hall–Kier alpha value is -1.78. The first-order valence-electron chi connectivity index (χ1n) is 9.80. The summed E-state index contributed by atoms with van der Waals surface area (Å²) in [6.07, 6.45) is 7.04. The van der Waals surface area contributed by atoms with Crippen LogP contribution in [0.5, 0.6) is 0 Å². The molecule has 2 aliphatic rings. The second kappa shape index (κ2) is 7.85. The highest BCUT2D eigenvalue weighted by Gasteiger charge is 2.37. The predicted octanol–water partition coefficient (Wildman–Crippen LogP) is 4.10. The van der Waals surface area contributed by atoms with Gasteiger partial charge in [0, 0.05) is 19.3 Å². The molecule has 0 aliphatic carbocycles. The lowest BCUT2D eigenvalue weighted by Crippen LogP contribution is -2.46. The van der Waals surface area contributed by atoms with Gasteiger partial charge in [0.05, 0.1) is 5.69 Å². The molecule has 4 heteroatoms. The number of hydrogen-bond acceptors (Lipinski definition) is 3. The lowest BCUT2D eigenvalue weighted by Gasteiger charge is -2.47. The lowest BCUT2D eigenvalue weighted by molar-refractivity contribution is 0.0296. The molecule has 0 atom stereocenters. The number of piperidine rings is 2. The Kier molecular flexibility index (Phi) is 5.32. The van der Waals surface area contributed by atoms with Gasteiger partial charge in [-0.1, -0.05) is 18.2 Å². The van der Waals surface area contributed by atoms with Crippen LogP contribution in [-0.4, -0.2) is 41.0 Å². The molecule has 0 N–H and O–H groups in total. The zero-order chi connectivity index (χ0) is 17.8. The molecular weight excluding hydrogens is 325 g/mol. The first kappa shape index (κ1) is 17.6. The van der Waals surface area contributed by atoms with E-state index in [1.807, 2.05) is 24.4 Å². The van der Waals surface area contributed by atoms with E-state index in [1.54, 1.807) is 6.07 Å². The Bertz CT molecular complexity index is 700. The molecule has 0 saturated carbocycles. The third-order valence-electron chi connectivity index (χ3n) is 6.24. The standard InChI is InChI=1S/C22H28FN3/c23-20-5-3-4-19(16-20)17-25-12-7-22(8-13-25)9-14-26(15-10-22)18-21-6-1-2-11-24-21/h1-6,11,16H,7-10,12-15,17-18H2. The van der Waals surface area contributed by atoms with Crippen molar-refractivity contribution in [3.05, 3.63) is 65.7 Å². The van der Waals surface area contributed by atoms with Crippen LogP contribution in [-0.2, 0) is 13.1 Å². The van der Waals surface area contributed by atoms with E-state index in [1.165, 1.54) is 50.5 Å². The van der Waals surface area contributed by atoms with Gasteiger partial charge in [0.2, 0.25) is 0 Å². The SMILES string of the molecule is Fc1cccc(CN2CCC3(CC2)CCN(Cc2ccccn2)CC3)c1. The van der Waals surface area contributed by atoms with E-state index in [0.717, 1.165) is 31.7 Å². The molecule has 2 saturated heterocycles. The van der Waals surface area contributed by atoms with Gasteiger partial charge in [-0.25, -0.2) is 4.39 Å². The molecule has 3 nitrogen and oxygen atoms in total. The van der Waals surface area contributed by atoms with Crippen molar-refractivity contribution >= 4 is 0 Å². The predicted molar refractivity (Wildman–Crippen MR) is 102 cm³/mol. The van der Waals surface area contributed by atoms with Gasteiger partial charge >= 0.3 is 0 Å². The van der Waals surface area contributed by atoms with E-state index in [4.69, 9.17) is 0 Å². The van der Waals surface area contributed by atoms with Crippen LogP contribution in [0.1, 0.15) is 36.9 Å². The summed E-state index contributed by atoms with van der Waals surface area (Å²) in [5, 5.41) is 0. The van der Waals surface area contributed by atoms with Crippen LogP contribution >= 0.6 is 0 Å². The number of aromatic nitrogens is 1. The van der Waals surface area contributed by atoms with Crippen LogP contribution in [0.2, 0.25) is 0 Å². The summed E-state index contributed by atoms with van der Waals surface area (Å²) < 4.78 is 13.4. The van der Waals surface area contributed by atoms with Crippen molar-refractivity contribution < 1.29 is 4.39 Å². The molecule has 1 aromatic carbocycles. The van der Waals surface area contributed by atoms with Crippen molar-refractivity contribution in [2.24, 2.45) is 5.41 Å². The summed E-state index contributed by atoms with van der Waals surface area (Å²) in [5.74, 6) is -0.128. The zero-order valence-electron chi connectivity index (χ0n) is 15.4. The van der Waals surface area contributed by atoms with Gasteiger partial charge in [-0.2, -0.15) is 0 Å². The van der Waals surface area contributed by atoms with E-state index in [0.29, 0.717) is 5.41 Å². The van der Waals surface area contributed by atoms with E-state index in [-0.39, 0.29) is 5.82 Å². The molecule has 3 heterocycles. The molecule has 26 heavy (non-hydrogen) atoms. The zero-order valence-corrected chi connectivity index (χ0v) is 15.4. The number of nitrogens with zero attached hydrogens (tertiary/aromatic N) is 3. The molecule has 2 aromatic rings. The minimum absolute atomic E-state index is 0.128. The van der Waals surface area contributed by atoms with E-state index in [9.17, 15) is 4.39 Å². The number of rotatable bonds is 4. The van der Waals surface area contributed by atoms with Crippen molar-refractivity contribution in [1.29, 1.82) is 0 Å². The molecule has 1 aromatic heterocycles. The third-order valence-corrected chi connectivity index (χ3v) is 6.24. The maximum absolute atomic E-state index is 13.4. The maximum atomic E-state index is 13.4. The Labute approximate surface area is 155 Å². The summed E-state index contributed by atoms with van der Waals surface area (Å²) in [4.78, 5) is 9.49. The largest absolute Gasteiger partial charge is 0.299 e. The first-order chi connectivity index (χ1) is 12.7. The highest BCUT2D eigenvalue weighted by Crippen LogP contribution is 2.41. The van der Waals surface area contributed by atoms with Crippen molar-refractivity contribution in [3.63, 3.8) is 0 Å². The van der Waals surface area contributed by atoms with Gasteiger partial charge in [-0.3, -0.25) is 14.8 Å². The minimum Gasteiger partial charge on any atom is -0.299 e. The molecule has 138 valence electrons. The first-order valence-corrected chi connectivity index (χ1v) is 9.80. The van der Waals surface area contributed by atoms with Gasteiger partial charge in [0.1, 0.15) is 5.82 Å². The van der Waals surface area contributed by atoms with E-state index < -0.39 is 0 Å². The van der Waals surface area contributed by atoms with Crippen LogP contribution in [0.25, 0.3) is 0 Å². The van der Waals surface area contributed by atoms with Gasteiger partial charge in [-0.15, -0.1) is 0 Å². The molecule has 0 unspecified atom stereocenters. The molecule has 2 aliphatic heterocycles. The van der Waals surface area contributed by atoms with Crippen LogP contribution in [0.4, 0.5) is 4.39 Å². The second-order valence-electron chi connectivity index (χ2n) is 8.00. The molecule has 2 fully saturated rings. The van der Waals surface area contributed by atoms with Crippen molar-refractivity contribution in [2.45, 2.75) is 38.8 Å². The highest BCUT2D eigenvalue weighted by molar-refractivity contribution is 5.16. The van der Waals surface area contributed by atoms with Crippen LogP contribution in [0.15, 0.2) is 48.7 Å². The van der Waals surface area contributed by atoms with Crippen LogP contribution < -0.4 is 0 Å². The number of pyridine rings is 1. The summed E-state index contributed by atoms with van der Waals surface area (Å²) >= 11 is 0. The molecule has 4 rings (SSSR count). The number of benzene rings is 1. The van der Waals surface area contributed by atoms with Gasteiger partial charge < -0.3 is 0 Å². The molecule has 0 amide bonds. The fourth-order valence-electron chi connectivity index (χ4n) is 4.49. The summed E-state index contributed by atoms with van der Waals surface area (Å²) in [7, 11) is 0. The van der Waals surface area contributed by atoms with E-state index >= 15 is 0 Å². The fraction of sp³-hybridized carbons (Fsp3) is 0.500. The second-order valence-corrected chi connectivity index (χ2v) is 8.00. The van der Waals surface area contributed by atoms with Crippen molar-refractivity contribution in [2.75, 3.05) is 26.2 Å². The van der Waals surface area contributed by atoms with Crippen LogP contribution in [0.3, 0.4) is 0 Å². The third kappa shape index (κ3) is 4.30. The van der Waals surface area contributed by atoms with Gasteiger partial charge in [0.25, 0.3) is 0 Å². The molecule has 1 spiro atoms. The van der Waals surface area contributed by atoms with E-state index in [2.05, 4.69) is 26.9 Å². The number of halogens is 1. The topological polar surface area (TPSA) is 19.4 Å². The Balaban J connectivity index is 1.26. The van der Waals surface area contributed by atoms with Gasteiger partial charge in [-0.05, 0) is 87.1 Å². The number of hydrogen-bond donors (Lipinski definition) is 0. The van der Waals surface area contributed by atoms with Gasteiger partial charge in [0.15, 0.2) is 0 Å². The normalized spacial score (nSPS) is 21.1. The smallest absolute Gasteiger partial charge is 0.123 e. The highest BCUT2D eigenvalue weighted by atomic mass is 19.1. The summed E-state index contributed by atoms with van der Waals surface area (Å²) in [6, 6.07) is 13.2. The van der Waals surface area contributed by atoms with Crippen molar-refractivity contribution in [1.82, 2.24) is 14.8 Å². The molecule has 0 bridgehead atoms. The summed E-state index contributed by atoms with van der Waals surface area (Å²) in [5.41, 5.74) is 2.79. The average Bonchev–Trinajstić information content (AvgIpc) is 2.67. The van der Waals surface area contributed by atoms with Crippen molar-refractivity contribution in [3.8, 4) is 0 Å². The quantitative estimate of drug-likeness (QED) is 0.825. The minimum atomic E-state index is -0.128.